The molecule has 0 bridgehead atoms. The first-order valence-corrected chi connectivity index (χ1v) is 12.4. The zero-order chi connectivity index (χ0) is 23.2. The summed E-state index contributed by atoms with van der Waals surface area (Å²) in [6.07, 6.45) is 9.12. The molecule has 2 aliphatic rings. The fraction of sp³-hybridized carbons (Fsp3) is 0.519. The first kappa shape index (κ1) is 21.9. The number of aryl methyl sites for hydroxylation is 1. The molecule has 1 N–H and O–H groups in total. The van der Waals surface area contributed by atoms with Gasteiger partial charge in [-0.3, -0.25) is 0 Å². The number of aromatic nitrogens is 3. The van der Waals surface area contributed by atoms with Crippen molar-refractivity contribution in [3.63, 3.8) is 0 Å². The predicted molar refractivity (Wildman–Crippen MR) is 132 cm³/mol. The zero-order valence-corrected chi connectivity index (χ0v) is 20.0. The zero-order valence-electron chi connectivity index (χ0n) is 20.0. The Morgan fingerprint density at radius 1 is 1.06 bits per heavy atom. The molecule has 33 heavy (non-hydrogen) atoms. The summed E-state index contributed by atoms with van der Waals surface area (Å²) >= 11 is 0. The van der Waals surface area contributed by atoms with E-state index in [2.05, 4.69) is 42.8 Å². The fourth-order valence-corrected chi connectivity index (χ4v) is 5.85. The summed E-state index contributed by atoms with van der Waals surface area (Å²) in [5, 5.41) is 15.8. The summed E-state index contributed by atoms with van der Waals surface area (Å²) in [4.78, 5) is 19.0. The van der Waals surface area contributed by atoms with E-state index in [1.165, 1.54) is 44.9 Å². The van der Waals surface area contributed by atoms with Gasteiger partial charge in [-0.2, -0.15) is 5.10 Å². The van der Waals surface area contributed by atoms with Crippen LogP contribution in [0.25, 0.3) is 16.7 Å². The lowest BCUT2D eigenvalue weighted by molar-refractivity contribution is 0.0691. The molecule has 3 aromatic rings. The van der Waals surface area contributed by atoms with Gasteiger partial charge in [0.25, 0.3) is 0 Å². The summed E-state index contributed by atoms with van der Waals surface area (Å²) in [5.41, 5.74) is 5.20. The third-order valence-electron chi connectivity index (χ3n) is 7.74. The first-order valence-electron chi connectivity index (χ1n) is 12.4. The lowest BCUT2D eigenvalue weighted by Gasteiger charge is -2.45. The Hall–Kier alpha value is -2.89. The molecule has 1 spiro atoms. The Morgan fingerprint density at radius 3 is 2.42 bits per heavy atom. The Bertz CT molecular complexity index is 1180. The van der Waals surface area contributed by atoms with Crippen LogP contribution in [-0.4, -0.2) is 38.9 Å². The Kier molecular flexibility index (Phi) is 5.63. The van der Waals surface area contributed by atoms with Crippen LogP contribution in [0.5, 0.6) is 0 Å². The molecule has 2 fully saturated rings. The van der Waals surface area contributed by atoms with Gasteiger partial charge in [-0.05, 0) is 67.7 Å². The van der Waals surface area contributed by atoms with E-state index in [0.29, 0.717) is 11.1 Å². The number of carbonyl (C=O) groups is 1. The number of carboxylic acid groups (broad SMARTS) is 1. The van der Waals surface area contributed by atoms with E-state index in [1.807, 2.05) is 16.8 Å². The largest absolute Gasteiger partial charge is 0.477 e. The molecule has 5 rings (SSSR count). The Labute approximate surface area is 195 Å². The summed E-state index contributed by atoms with van der Waals surface area (Å²) < 4.78 is 1.83. The monoisotopic (exact) mass is 446 g/mol. The lowest BCUT2D eigenvalue weighted by atomic mass is 9.68. The van der Waals surface area contributed by atoms with E-state index in [-0.39, 0.29) is 11.6 Å². The van der Waals surface area contributed by atoms with E-state index in [1.54, 1.807) is 6.07 Å². The van der Waals surface area contributed by atoms with Gasteiger partial charge in [0.15, 0.2) is 11.3 Å². The minimum absolute atomic E-state index is 0.0829. The van der Waals surface area contributed by atoms with Crippen LogP contribution in [0.2, 0.25) is 0 Å². The fourth-order valence-electron chi connectivity index (χ4n) is 5.85. The molecule has 1 saturated carbocycles. The summed E-state index contributed by atoms with van der Waals surface area (Å²) in [5.74, 6) is -0.800. The highest BCUT2D eigenvalue weighted by atomic mass is 16.4. The molecule has 0 atom stereocenters. The summed E-state index contributed by atoms with van der Waals surface area (Å²) in [6, 6.07) is 9.90. The topological polar surface area (TPSA) is 71.2 Å². The minimum atomic E-state index is -0.998. The van der Waals surface area contributed by atoms with E-state index < -0.39 is 5.97 Å². The van der Waals surface area contributed by atoms with Gasteiger partial charge in [0, 0.05) is 13.1 Å². The molecule has 6 nitrogen and oxygen atoms in total. The van der Waals surface area contributed by atoms with Gasteiger partial charge < -0.3 is 10.0 Å². The second-order valence-corrected chi connectivity index (χ2v) is 10.4. The highest BCUT2D eigenvalue weighted by Gasteiger charge is 2.36. The number of hydrogen-bond acceptors (Lipinski definition) is 4. The van der Waals surface area contributed by atoms with Crippen LogP contribution in [0.1, 0.15) is 86.5 Å². The van der Waals surface area contributed by atoms with E-state index >= 15 is 0 Å². The van der Waals surface area contributed by atoms with Crippen LogP contribution in [0, 0.1) is 12.3 Å². The third-order valence-corrected chi connectivity index (χ3v) is 7.74. The van der Waals surface area contributed by atoms with Gasteiger partial charge in [0.1, 0.15) is 0 Å². The molecule has 1 aliphatic heterocycles. The van der Waals surface area contributed by atoms with Crippen molar-refractivity contribution in [1.82, 2.24) is 14.8 Å². The van der Waals surface area contributed by atoms with Crippen molar-refractivity contribution in [3.05, 3.63) is 47.3 Å². The van der Waals surface area contributed by atoms with E-state index in [9.17, 15) is 9.90 Å². The van der Waals surface area contributed by atoms with Crippen LogP contribution >= 0.6 is 0 Å². The molecular formula is C27H34N4O2. The second-order valence-electron chi connectivity index (χ2n) is 10.4. The molecular weight excluding hydrogens is 412 g/mol. The maximum Gasteiger partial charge on any atom is 0.354 e. The van der Waals surface area contributed by atoms with Gasteiger partial charge in [0.05, 0.1) is 22.5 Å². The number of hydrogen-bond donors (Lipinski definition) is 1. The molecule has 1 aliphatic carbocycles. The number of rotatable bonds is 4. The van der Waals surface area contributed by atoms with Gasteiger partial charge in [-0.15, -0.1) is 0 Å². The highest BCUT2D eigenvalue weighted by molar-refractivity contribution is 5.98. The molecule has 174 valence electrons. The highest BCUT2D eigenvalue weighted by Crippen LogP contribution is 2.46. The van der Waals surface area contributed by atoms with Crippen molar-refractivity contribution in [2.24, 2.45) is 5.41 Å². The maximum atomic E-state index is 12.1. The van der Waals surface area contributed by atoms with Crippen molar-refractivity contribution in [3.8, 4) is 5.69 Å². The smallest absolute Gasteiger partial charge is 0.354 e. The molecule has 0 amide bonds. The molecule has 6 heteroatoms. The molecule has 1 aromatic carbocycles. The Balaban J connectivity index is 1.64. The number of fused-ring (bicyclic) bond motifs is 1. The predicted octanol–water partition coefficient (Wildman–Crippen LogP) is 6.10. The van der Waals surface area contributed by atoms with Crippen molar-refractivity contribution >= 4 is 22.7 Å². The first-order chi connectivity index (χ1) is 15.9. The van der Waals surface area contributed by atoms with Gasteiger partial charge in [-0.1, -0.05) is 45.2 Å². The minimum Gasteiger partial charge on any atom is -0.477 e. The normalized spacial score (nSPS) is 18.4. The lowest BCUT2D eigenvalue weighted by Crippen LogP contribution is -2.41. The Morgan fingerprint density at radius 2 is 1.79 bits per heavy atom. The van der Waals surface area contributed by atoms with Crippen molar-refractivity contribution in [1.29, 1.82) is 0 Å². The van der Waals surface area contributed by atoms with Crippen LogP contribution < -0.4 is 4.90 Å². The van der Waals surface area contributed by atoms with E-state index in [0.717, 1.165) is 41.1 Å². The SMILES string of the molecule is Cc1cccc(-n2nc(C(C)C)c3c(N4CCC5(CCCCC5)CC4)cc(C(=O)O)nc32)c1. The number of anilines is 1. The number of carboxylic acids is 1. The summed E-state index contributed by atoms with van der Waals surface area (Å²) in [7, 11) is 0. The van der Waals surface area contributed by atoms with Crippen LogP contribution in [0.3, 0.4) is 0 Å². The number of pyridine rings is 1. The molecule has 2 aromatic heterocycles. The summed E-state index contributed by atoms with van der Waals surface area (Å²) in [6.45, 7) is 8.26. The van der Waals surface area contributed by atoms with Crippen LogP contribution in [-0.2, 0) is 0 Å². The second kappa shape index (κ2) is 8.47. The molecule has 0 unspecified atom stereocenters. The maximum absolute atomic E-state index is 12.1. The van der Waals surface area contributed by atoms with E-state index in [4.69, 9.17) is 5.10 Å². The third kappa shape index (κ3) is 4.00. The molecule has 1 saturated heterocycles. The van der Waals surface area contributed by atoms with Gasteiger partial charge in [0.2, 0.25) is 0 Å². The van der Waals surface area contributed by atoms with Gasteiger partial charge >= 0.3 is 5.97 Å². The average Bonchev–Trinajstić information content (AvgIpc) is 3.20. The average molecular weight is 447 g/mol. The number of nitrogens with zero attached hydrogens (tertiary/aromatic N) is 4. The van der Waals surface area contributed by atoms with Crippen LogP contribution in [0.15, 0.2) is 30.3 Å². The van der Waals surface area contributed by atoms with Crippen molar-refractivity contribution < 1.29 is 9.90 Å². The number of aromatic carboxylic acids is 1. The van der Waals surface area contributed by atoms with Gasteiger partial charge in [-0.25, -0.2) is 14.5 Å². The standard InChI is InChI=1S/C27H34N4O2/c1-18(2)24-23-22(30-14-12-27(13-15-30)10-5-4-6-11-27)17-21(26(32)33)28-25(23)31(29-24)20-9-7-8-19(3)16-20/h7-9,16-18H,4-6,10-15H2,1-3H3,(H,32,33). The van der Waals surface area contributed by atoms with Crippen LogP contribution in [0.4, 0.5) is 5.69 Å². The number of piperidine rings is 1. The van der Waals surface area contributed by atoms with Crippen molar-refractivity contribution in [2.75, 3.05) is 18.0 Å². The quantitative estimate of drug-likeness (QED) is 0.524. The van der Waals surface area contributed by atoms with Crippen molar-refractivity contribution in [2.45, 2.75) is 71.6 Å². The number of benzene rings is 1. The molecule has 3 heterocycles. The molecule has 0 radical (unpaired) electrons.